The molecule has 23 heavy (non-hydrogen) atoms. The predicted molar refractivity (Wildman–Crippen MR) is 93.7 cm³/mol. The van der Waals surface area contributed by atoms with Gasteiger partial charge in [0.1, 0.15) is 5.60 Å². The van der Waals surface area contributed by atoms with Crippen molar-refractivity contribution in [3.05, 3.63) is 40.4 Å². The monoisotopic (exact) mass is 333 g/mol. The van der Waals surface area contributed by atoms with Crippen LogP contribution in [0.4, 0.5) is 4.79 Å². The fourth-order valence-corrected chi connectivity index (χ4v) is 3.74. The SMILES string of the molecule is Cc1ccc(Cl)cc1C1=CC2CCC(C1)N2C(=O)OC(C)(C)C. The van der Waals surface area contributed by atoms with Crippen LogP contribution in [0.15, 0.2) is 24.3 Å². The third-order valence-electron chi connectivity index (χ3n) is 4.55. The standard InChI is InChI=1S/C19H24ClNO2/c1-12-5-6-14(20)11-17(12)13-9-15-7-8-16(10-13)21(15)18(22)23-19(2,3)4/h5-6,9,11,15-16H,7-8,10H2,1-4H3. The summed E-state index contributed by atoms with van der Waals surface area (Å²) in [4.78, 5) is 14.4. The summed E-state index contributed by atoms with van der Waals surface area (Å²) >= 11 is 6.16. The van der Waals surface area contributed by atoms with Gasteiger partial charge in [-0.3, -0.25) is 4.90 Å². The van der Waals surface area contributed by atoms with Crippen LogP contribution in [0.2, 0.25) is 5.02 Å². The van der Waals surface area contributed by atoms with Crippen LogP contribution in [0, 0.1) is 6.92 Å². The Bertz CT molecular complexity index is 660. The van der Waals surface area contributed by atoms with Gasteiger partial charge in [0.05, 0.1) is 6.04 Å². The zero-order valence-electron chi connectivity index (χ0n) is 14.2. The van der Waals surface area contributed by atoms with E-state index in [4.69, 9.17) is 16.3 Å². The molecule has 0 saturated carbocycles. The summed E-state index contributed by atoms with van der Waals surface area (Å²) in [5, 5.41) is 0.758. The lowest BCUT2D eigenvalue weighted by Gasteiger charge is -2.35. The molecule has 1 fully saturated rings. The van der Waals surface area contributed by atoms with Crippen LogP contribution in [0.3, 0.4) is 0 Å². The van der Waals surface area contributed by atoms with Crippen molar-refractivity contribution in [2.75, 3.05) is 0 Å². The first-order valence-corrected chi connectivity index (χ1v) is 8.61. The van der Waals surface area contributed by atoms with Crippen LogP contribution in [0.25, 0.3) is 5.57 Å². The van der Waals surface area contributed by atoms with E-state index in [1.165, 1.54) is 16.7 Å². The van der Waals surface area contributed by atoms with Crippen molar-refractivity contribution >= 4 is 23.3 Å². The van der Waals surface area contributed by atoms with Crippen molar-refractivity contribution in [2.45, 2.75) is 64.6 Å². The maximum Gasteiger partial charge on any atom is 0.411 e. The first-order chi connectivity index (χ1) is 10.7. The molecule has 3 rings (SSSR count). The molecular weight excluding hydrogens is 310 g/mol. The molecule has 2 aliphatic rings. The molecule has 4 heteroatoms. The summed E-state index contributed by atoms with van der Waals surface area (Å²) in [6.07, 6.45) is 4.95. The van der Waals surface area contributed by atoms with Crippen molar-refractivity contribution in [2.24, 2.45) is 0 Å². The van der Waals surface area contributed by atoms with E-state index in [0.717, 1.165) is 24.3 Å². The molecule has 2 heterocycles. The predicted octanol–water partition coefficient (Wildman–Crippen LogP) is 5.20. The average molecular weight is 334 g/mol. The Labute approximate surface area is 143 Å². The summed E-state index contributed by atoms with van der Waals surface area (Å²) < 4.78 is 5.58. The highest BCUT2D eigenvalue weighted by Gasteiger charge is 2.41. The van der Waals surface area contributed by atoms with Gasteiger partial charge in [0, 0.05) is 11.1 Å². The Kier molecular flexibility index (Phi) is 4.18. The zero-order valence-corrected chi connectivity index (χ0v) is 15.0. The normalized spacial score (nSPS) is 23.7. The summed E-state index contributed by atoms with van der Waals surface area (Å²) in [7, 11) is 0. The average Bonchev–Trinajstić information content (AvgIpc) is 2.71. The van der Waals surface area contributed by atoms with Crippen molar-refractivity contribution in [1.29, 1.82) is 0 Å². The van der Waals surface area contributed by atoms with Gasteiger partial charge in [-0.15, -0.1) is 0 Å². The van der Waals surface area contributed by atoms with E-state index in [2.05, 4.69) is 19.1 Å². The van der Waals surface area contributed by atoms with Gasteiger partial charge < -0.3 is 4.74 Å². The maximum atomic E-state index is 12.5. The van der Waals surface area contributed by atoms with Crippen LogP contribution < -0.4 is 0 Å². The van der Waals surface area contributed by atoms with Crippen molar-refractivity contribution in [3.63, 3.8) is 0 Å². The molecule has 2 atom stereocenters. The number of benzene rings is 1. The van der Waals surface area contributed by atoms with E-state index in [-0.39, 0.29) is 18.2 Å². The third kappa shape index (κ3) is 3.40. The van der Waals surface area contributed by atoms with Gasteiger partial charge in [-0.2, -0.15) is 0 Å². The molecule has 2 aliphatic heterocycles. The molecule has 0 spiro atoms. The lowest BCUT2D eigenvalue weighted by molar-refractivity contribution is 0.0175. The van der Waals surface area contributed by atoms with Crippen molar-refractivity contribution < 1.29 is 9.53 Å². The second-order valence-electron chi connectivity index (χ2n) is 7.54. The topological polar surface area (TPSA) is 29.5 Å². The Balaban J connectivity index is 1.86. The van der Waals surface area contributed by atoms with Gasteiger partial charge in [-0.05, 0) is 75.8 Å². The van der Waals surface area contributed by atoms with Crippen LogP contribution in [-0.4, -0.2) is 28.7 Å². The number of carbonyl (C=O) groups excluding carboxylic acids is 1. The summed E-state index contributed by atoms with van der Waals surface area (Å²) in [5.74, 6) is 0. The van der Waals surface area contributed by atoms with Crippen LogP contribution in [-0.2, 0) is 4.74 Å². The van der Waals surface area contributed by atoms with Crippen LogP contribution >= 0.6 is 11.6 Å². The molecule has 1 aromatic carbocycles. The van der Waals surface area contributed by atoms with Crippen molar-refractivity contribution in [3.8, 4) is 0 Å². The molecule has 2 bridgehead atoms. The molecule has 1 aromatic rings. The van der Waals surface area contributed by atoms with Gasteiger partial charge in [-0.25, -0.2) is 4.79 Å². The van der Waals surface area contributed by atoms with Gasteiger partial charge in [-0.1, -0.05) is 23.7 Å². The smallest absolute Gasteiger partial charge is 0.411 e. The molecule has 0 aliphatic carbocycles. The summed E-state index contributed by atoms with van der Waals surface area (Å²) in [6, 6.07) is 6.38. The third-order valence-corrected chi connectivity index (χ3v) is 4.78. The Hall–Kier alpha value is -1.48. The molecule has 0 N–H and O–H groups in total. The molecule has 0 radical (unpaired) electrons. The minimum absolute atomic E-state index is 0.136. The second kappa shape index (κ2) is 5.86. The number of nitrogens with zero attached hydrogens (tertiary/aromatic N) is 1. The Morgan fingerprint density at radius 2 is 2.04 bits per heavy atom. The van der Waals surface area contributed by atoms with E-state index in [9.17, 15) is 4.79 Å². The first-order valence-electron chi connectivity index (χ1n) is 8.23. The lowest BCUT2D eigenvalue weighted by Crippen LogP contribution is -2.45. The molecule has 2 unspecified atom stereocenters. The highest BCUT2D eigenvalue weighted by atomic mass is 35.5. The quantitative estimate of drug-likeness (QED) is 0.706. The largest absolute Gasteiger partial charge is 0.444 e. The molecular formula is C19H24ClNO2. The van der Waals surface area contributed by atoms with Gasteiger partial charge in [0.15, 0.2) is 0 Å². The maximum absolute atomic E-state index is 12.5. The number of rotatable bonds is 1. The van der Waals surface area contributed by atoms with E-state index in [1.807, 2.05) is 37.8 Å². The highest BCUT2D eigenvalue weighted by Crippen LogP contribution is 2.40. The van der Waals surface area contributed by atoms with E-state index in [1.54, 1.807) is 0 Å². The number of ether oxygens (including phenoxy) is 1. The second-order valence-corrected chi connectivity index (χ2v) is 7.98. The van der Waals surface area contributed by atoms with Gasteiger partial charge >= 0.3 is 6.09 Å². The number of hydrogen-bond acceptors (Lipinski definition) is 2. The summed E-state index contributed by atoms with van der Waals surface area (Å²) in [5.41, 5.74) is 3.28. The highest BCUT2D eigenvalue weighted by molar-refractivity contribution is 6.30. The molecule has 1 amide bonds. The fraction of sp³-hybridized carbons (Fsp3) is 0.526. The van der Waals surface area contributed by atoms with Crippen LogP contribution in [0.1, 0.15) is 51.2 Å². The van der Waals surface area contributed by atoms with E-state index < -0.39 is 5.60 Å². The zero-order chi connectivity index (χ0) is 16.8. The van der Waals surface area contributed by atoms with Crippen LogP contribution in [0.5, 0.6) is 0 Å². The Morgan fingerprint density at radius 1 is 1.30 bits per heavy atom. The van der Waals surface area contributed by atoms with Crippen molar-refractivity contribution in [1.82, 2.24) is 4.90 Å². The first kappa shape index (κ1) is 16.4. The number of halogens is 1. The Morgan fingerprint density at radius 3 is 2.70 bits per heavy atom. The minimum atomic E-state index is -0.454. The fourth-order valence-electron chi connectivity index (χ4n) is 3.57. The molecule has 1 saturated heterocycles. The van der Waals surface area contributed by atoms with E-state index in [0.29, 0.717) is 0 Å². The number of fused-ring (bicyclic) bond motifs is 2. The number of hydrogen-bond donors (Lipinski definition) is 0. The van der Waals surface area contributed by atoms with Gasteiger partial charge in [0.2, 0.25) is 0 Å². The summed E-state index contributed by atoms with van der Waals surface area (Å²) in [6.45, 7) is 7.84. The van der Waals surface area contributed by atoms with E-state index >= 15 is 0 Å². The molecule has 3 nitrogen and oxygen atoms in total. The van der Waals surface area contributed by atoms with Gasteiger partial charge in [0.25, 0.3) is 0 Å². The lowest BCUT2D eigenvalue weighted by atomic mass is 9.92. The number of amides is 1. The minimum Gasteiger partial charge on any atom is -0.444 e. The molecule has 124 valence electrons. The molecule has 0 aromatic heterocycles. The number of aryl methyl sites for hydroxylation is 1. The number of carbonyl (C=O) groups is 1.